The van der Waals surface area contributed by atoms with E-state index in [0.29, 0.717) is 16.8 Å². The zero-order valence-corrected chi connectivity index (χ0v) is 16.5. The summed E-state index contributed by atoms with van der Waals surface area (Å²) in [6, 6.07) is 18.8. The SMILES string of the molecule is Cc1cccc(N(CN2C(=O)c3ccccc3C2=O)C(=O)c2ccc([N+](=O)[O-])cc2)c1. The number of nitro benzene ring substituents is 1. The van der Waals surface area contributed by atoms with E-state index in [2.05, 4.69) is 0 Å². The van der Waals surface area contributed by atoms with E-state index in [1.54, 1.807) is 42.5 Å². The van der Waals surface area contributed by atoms with Crippen LogP contribution in [0.25, 0.3) is 0 Å². The number of fused-ring (bicyclic) bond motifs is 1. The first-order chi connectivity index (χ1) is 14.9. The number of nitro groups is 1. The summed E-state index contributed by atoms with van der Waals surface area (Å²) < 4.78 is 0. The third kappa shape index (κ3) is 3.66. The number of hydrogen-bond acceptors (Lipinski definition) is 5. The summed E-state index contributed by atoms with van der Waals surface area (Å²) in [7, 11) is 0. The molecule has 8 nitrogen and oxygen atoms in total. The van der Waals surface area contributed by atoms with E-state index in [0.717, 1.165) is 10.5 Å². The molecule has 0 fully saturated rings. The van der Waals surface area contributed by atoms with E-state index in [1.807, 2.05) is 13.0 Å². The third-order valence-electron chi connectivity index (χ3n) is 5.04. The second kappa shape index (κ2) is 7.83. The van der Waals surface area contributed by atoms with Gasteiger partial charge in [0.1, 0.15) is 6.67 Å². The second-order valence-electron chi connectivity index (χ2n) is 7.10. The van der Waals surface area contributed by atoms with E-state index in [4.69, 9.17) is 0 Å². The maximum atomic E-state index is 13.3. The van der Waals surface area contributed by atoms with Crippen molar-refractivity contribution in [2.45, 2.75) is 6.92 Å². The van der Waals surface area contributed by atoms with Crippen molar-refractivity contribution in [2.24, 2.45) is 0 Å². The minimum Gasteiger partial charge on any atom is -0.290 e. The van der Waals surface area contributed by atoms with Crippen LogP contribution in [0.15, 0.2) is 72.8 Å². The van der Waals surface area contributed by atoms with Gasteiger partial charge in [-0.3, -0.25) is 34.3 Å². The lowest BCUT2D eigenvalue weighted by molar-refractivity contribution is -0.384. The van der Waals surface area contributed by atoms with Crippen LogP contribution < -0.4 is 4.90 Å². The number of rotatable bonds is 5. The summed E-state index contributed by atoms with van der Waals surface area (Å²) in [6.07, 6.45) is 0. The standard InChI is InChI=1S/C23H17N3O5/c1-15-5-4-6-18(13-15)24(21(27)16-9-11-17(12-10-16)26(30)31)14-25-22(28)19-7-2-3-8-20(19)23(25)29/h2-13H,14H2,1H3. The fraction of sp³-hybridized carbons (Fsp3) is 0.0870. The summed E-state index contributed by atoms with van der Waals surface area (Å²) in [5.41, 5.74) is 2.03. The summed E-state index contributed by atoms with van der Waals surface area (Å²) in [5, 5.41) is 10.9. The lowest BCUT2D eigenvalue weighted by atomic mass is 10.1. The number of carbonyl (C=O) groups excluding carboxylic acids is 3. The highest BCUT2D eigenvalue weighted by atomic mass is 16.6. The van der Waals surface area contributed by atoms with Crippen LogP contribution in [-0.2, 0) is 0 Å². The van der Waals surface area contributed by atoms with Gasteiger partial charge in [-0.1, -0.05) is 24.3 Å². The first-order valence-corrected chi connectivity index (χ1v) is 9.45. The lowest BCUT2D eigenvalue weighted by Gasteiger charge is -2.27. The Morgan fingerprint density at radius 1 is 0.935 bits per heavy atom. The molecule has 0 aromatic heterocycles. The number of benzene rings is 3. The van der Waals surface area contributed by atoms with Crippen LogP contribution >= 0.6 is 0 Å². The number of non-ortho nitro benzene ring substituents is 1. The van der Waals surface area contributed by atoms with Gasteiger partial charge in [0, 0.05) is 23.4 Å². The van der Waals surface area contributed by atoms with Crippen LogP contribution in [0.4, 0.5) is 11.4 Å². The molecular weight excluding hydrogens is 398 g/mol. The predicted molar refractivity (Wildman–Crippen MR) is 113 cm³/mol. The minimum absolute atomic E-state index is 0.140. The molecule has 3 aromatic rings. The topological polar surface area (TPSA) is 101 Å². The molecule has 154 valence electrons. The highest BCUT2D eigenvalue weighted by Crippen LogP contribution is 2.26. The lowest BCUT2D eigenvalue weighted by Crippen LogP contribution is -2.44. The molecule has 3 aromatic carbocycles. The molecule has 1 aliphatic rings. The molecule has 0 atom stereocenters. The van der Waals surface area contributed by atoms with Crippen LogP contribution in [0, 0.1) is 17.0 Å². The molecule has 0 saturated carbocycles. The number of amides is 3. The maximum Gasteiger partial charge on any atom is 0.269 e. The Kier molecular flexibility index (Phi) is 5.04. The number of anilines is 1. The van der Waals surface area contributed by atoms with Crippen molar-refractivity contribution in [3.05, 3.63) is 105 Å². The fourth-order valence-electron chi connectivity index (χ4n) is 3.45. The van der Waals surface area contributed by atoms with Gasteiger partial charge in [0.15, 0.2) is 0 Å². The van der Waals surface area contributed by atoms with Crippen molar-refractivity contribution in [3.8, 4) is 0 Å². The average molecular weight is 415 g/mol. The van der Waals surface area contributed by atoms with Gasteiger partial charge in [0.25, 0.3) is 23.4 Å². The van der Waals surface area contributed by atoms with Gasteiger partial charge in [0.2, 0.25) is 0 Å². The number of nitrogens with zero attached hydrogens (tertiary/aromatic N) is 3. The molecule has 3 amide bonds. The number of aryl methyl sites for hydroxylation is 1. The van der Waals surface area contributed by atoms with Gasteiger partial charge >= 0.3 is 0 Å². The highest BCUT2D eigenvalue weighted by Gasteiger charge is 2.37. The number of hydrogen-bond donors (Lipinski definition) is 0. The summed E-state index contributed by atoms with van der Waals surface area (Å²) in [5.74, 6) is -1.44. The largest absolute Gasteiger partial charge is 0.290 e. The molecule has 1 heterocycles. The van der Waals surface area contributed by atoms with Gasteiger partial charge in [0.05, 0.1) is 16.1 Å². The van der Waals surface area contributed by atoms with E-state index in [1.165, 1.54) is 29.2 Å². The zero-order valence-electron chi connectivity index (χ0n) is 16.5. The second-order valence-corrected chi connectivity index (χ2v) is 7.10. The predicted octanol–water partition coefficient (Wildman–Crippen LogP) is 3.80. The smallest absolute Gasteiger partial charge is 0.269 e. The summed E-state index contributed by atoms with van der Waals surface area (Å²) in [6.45, 7) is 1.58. The maximum absolute atomic E-state index is 13.3. The van der Waals surface area contributed by atoms with E-state index in [9.17, 15) is 24.5 Å². The van der Waals surface area contributed by atoms with Crippen LogP contribution in [0.2, 0.25) is 0 Å². The van der Waals surface area contributed by atoms with Gasteiger partial charge in [-0.2, -0.15) is 0 Å². The van der Waals surface area contributed by atoms with Crippen molar-refractivity contribution in [1.29, 1.82) is 0 Å². The molecular formula is C23H17N3O5. The van der Waals surface area contributed by atoms with Crippen molar-refractivity contribution in [2.75, 3.05) is 11.6 Å². The van der Waals surface area contributed by atoms with Crippen LogP contribution in [-0.4, -0.2) is 34.2 Å². The number of carbonyl (C=O) groups is 3. The molecule has 31 heavy (non-hydrogen) atoms. The summed E-state index contributed by atoms with van der Waals surface area (Å²) in [4.78, 5) is 51.6. The van der Waals surface area contributed by atoms with Gasteiger partial charge in [-0.05, 0) is 48.9 Å². The minimum atomic E-state index is -0.550. The Balaban J connectivity index is 1.70. The van der Waals surface area contributed by atoms with Crippen LogP contribution in [0.1, 0.15) is 36.6 Å². The zero-order chi connectivity index (χ0) is 22.1. The van der Waals surface area contributed by atoms with E-state index in [-0.39, 0.29) is 17.9 Å². The van der Waals surface area contributed by atoms with E-state index >= 15 is 0 Å². The molecule has 0 spiro atoms. The molecule has 8 heteroatoms. The van der Waals surface area contributed by atoms with Gasteiger partial charge in [-0.25, -0.2) is 0 Å². The molecule has 0 aliphatic carbocycles. The Hall–Kier alpha value is -4.33. The summed E-state index contributed by atoms with van der Waals surface area (Å²) >= 11 is 0. The molecule has 0 saturated heterocycles. The van der Waals surface area contributed by atoms with Gasteiger partial charge in [-0.15, -0.1) is 0 Å². The van der Waals surface area contributed by atoms with Crippen molar-refractivity contribution < 1.29 is 19.3 Å². The highest BCUT2D eigenvalue weighted by molar-refractivity contribution is 6.22. The normalized spacial score (nSPS) is 12.6. The van der Waals surface area contributed by atoms with E-state index < -0.39 is 22.6 Å². The van der Waals surface area contributed by atoms with Crippen molar-refractivity contribution in [3.63, 3.8) is 0 Å². The molecule has 4 rings (SSSR count). The molecule has 1 aliphatic heterocycles. The molecule has 0 N–H and O–H groups in total. The number of imide groups is 1. The molecule has 0 bridgehead atoms. The average Bonchev–Trinajstić information content (AvgIpc) is 3.01. The van der Waals surface area contributed by atoms with Gasteiger partial charge < -0.3 is 0 Å². The third-order valence-corrected chi connectivity index (χ3v) is 5.04. The van der Waals surface area contributed by atoms with Crippen molar-refractivity contribution >= 4 is 29.1 Å². The Morgan fingerprint density at radius 3 is 2.10 bits per heavy atom. The van der Waals surface area contributed by atoms with Crippen LogP contribution in [0.5, 0.6) is 0 Å². The monoisotopic (exact) mass is 415 g/mol. The van der Waals surface area contributed by atoms with Crippen LogP contribution in [0.3, 0.4) is 0 Å². The first kappa shape index (κ1) is 20.0. The fourth-order valence-corrected chi connectivity index (χ4v) is 3.45. The Bertz CT molecular complexity index is 1180. The molecule has 0 unspecified atom stereocenters. The Labute approximate surface area is 177 Å². The first-order valence-electron chi connectivity index (χ1n) is 9.45. The molecule has 0 radical (unpaired) electrons. The van der Waals surface area contributed by atoms with Crippen molar-refractivity contribution in [1.82, 2.24) is 4.90 Å². The quantitative estimate of drug-likeness (QED) is 0.358. The Morgan fingerprint density at radius 2 is 1.55 bits per heavy atom.